The first kappa shape index (κ1) is 29.6. The normalized spacial score (nSPS) is 5.00. The van der Waals surface area contributed by atoms with Crippen LogP contribution in [0, 0.1) is 0 Å². The minimum Gasteiger partial charge on any atom is -0.397 e. The number of hydrogen-bond donors (Lipinski definition) is 4. The molecule has 0 saturated heterocycles. The Balaban J connectivity index is -0.0000000179. The minimum absolute atomic E-state index is 0. The van der Waals surface area contributed by atoms with Gasteiger partial charge < -0.3 is 21.5 Å². The fourth-order valence-electron chi connectivity index (χ4n) is 0. The quantitative estimate of drug-likeness (QED) is 0.444. The van der Waals surface area contributed by atoms with Crippen LogP contribution in [0.5, 0.6) is 0 Å². The van der Waals surface area contributed by atoms with Gasteiger partial charge in [-0.3, -0.25) is 0 Å². The van der Waals surface area contributed by atoms with Crippen LogP contribution in [0.25, 0.3) is 0 Å². The molecule has 0 spiro atoms. The van der Waals surface area contributed by atoms with Crippen LogP contribution in [-0.2, 0) is 0 Å². The van der Waals surface area contributed by atoms with E-state index in [9.17, 15) is 0 Å². The number of rotatable bonds is 0. The van der Waals surface area contributed by atoms with Crippen molar-refractivity contribution in [2.75, 3.05) is 26.2 Å². The molecule has 0 aliphatic heterocycles. The van der Waals surface area contributed by atoms with E-state index in [4.69, 9.17) is 15.3 Å². The average Bonchev–Trinajstić information content (AvgIpc) is 1.96. The summed E-state index contributed by atoms with van der Waals surface area (Å²) in [5.41, 5.74) is 0. The molecule has 0 aromatic carbocycles. The molecule has 0 aliphatic carbocycles. The molecule has 0 saturated carbocycles. The van der Waals surface area contributed by atoms with Crippen molar-refractivity contribution >= 4 is 11.6 Å². The van der Waals surface area contributed by atoms with Crippen molar-refractivity contribution in [3.05, 3.63) is 0 Å². The van der Waals surface area contributed by atoms with Gasteiger partial charge in [0.25, 0.3) is 0 Å². The first-order chi connectivity index (χ1) is 5.24. The molecule has 0 heterocycles. The summed E-state index contributed by atoms with van der Waals surface area (Å²) in [6.45, 7) is 5.79. The van der Waals surface area contributed by atoms with Crippen molar-refractivity contribution in [3.63, 3.8) is 0 Å². The highest BCUT2D eigenvalue weighted by molar-refractivity contribution is 6.15. The molecule has 0 fully saturated rings. The Morgan fingerprint density at radius 1 is 0.750 bits per heavy atom. The molecule has 0 radical (unpaired) electrons. The molecule has 0 atom stereocenters. The lowest BCUT2D eigenvalue weighted by Crippen LogP contribution is -1.57. The van der Waals surface area contributed by atoms with Gasteiger partial charge in [0.15, 0.2) is 0 Å². The standard InChI is InChI=1S/3C2H6O.CH3Cl.H3N/c3*1-2-3;1-2;/h3*3H,2H2,1H3;1H3;1H3. The van der Waals surface area contributed by atoms with Crippen LogP contribution >= 0.6 is 11.6 Å². The van der Waals surface area contributed by atoms with Gasteiger partial charge in [-0.2, -0.15) is 0 Å². The van der Waals surface area contributed by atoms with Gasteiger partial charge in [-0.05, 0) is 20.8 Å². The summed E-state index contributed by atoms with van der Waals surface area (Å²) < 4.78 is 0. The maximum absolute atomic E-state index is 7.57. The van der Waals surface area contributed by atoms with Gasteiger partial charge in [0.05, 0.1) is 0 Å². The van der Waals surface area contributed by atoms with E-state index < -0.39 is 0 Å². The number of hydrogen-bond acceptors (Lipinski definition) is 4. The zero-order valence-corrected chi connectivity index (χ0v) is 9.30. The van der Waals surface area contributed by atoms with E-state index >= 15 is 0 Å². The van der Waals surface area contributed by atoms with Crippen molar-refractivity contribution in [2.24, 2.45) is 0 Å². The average molecular weight is 206 g/mol. The monoisotopic (exact) mass is 205 g/mol. The van der Waals surface area contributed by atoms with Gasteiger partial charge in [0, 0.05) is 26.2 Å². The number of alkyl halides is 1. The molecule has 82 valence electrons. The first-order valence-electron chi connectivity index (χ1n) is 3.45. The van der Waals surface area contributed by atoms with Crippen LogP contribution in [0.1, 0.15) is 20.8 Å². The molecule has 0 bridgehead atoms. The van der Waals surface area contributed by atoms with Gasteiger partial charge in [0.1, 0.15) is 0 Å². The predicted molar refractivity (Wildman–Crippen MR) is 55.1 cm³/mol. The summed E-state index contributed by atoms with van der Waals surface area (Å²) in [5, 5.41) is 22.7. The third kappa shape index (κ3) is 50000. The number of halogens is 1. The smallest absolute Gasteiger partial charge is 0.0402 e. The van der Waals surface area contributed by atoms with E-state index in [1.807, 2.05) is 0 Å². The van der Waals surface area contributed by atoms with E-state index in [1.54, 1.807) is 20.8 Å². The summed E-state index contributed by atoms with van der Waals surface area (Å²) in [6, 6.07) is 0. The topological polar surface area (TPSA) is 95.7 Å². The molecular weight excluding hydrogens is 182 g/mol. The Morgan fingerprint density at radius 3 is 0.750 bits per heavy atom. The molecule has 0 aromatic heterocycles. The molecule has 0 rings (SSSR count). The summed E-state index contributed by atoms with van der Waals surface area (Å²) in [6.07, 6.45) is 1.47. The van der Waals surface area contributed by atoms with Crippen LogP contribution in [0.2, 0.25) is 0 Å². The lowest BCUT2D eigenvalue weighted by atomic mass is 10.9. The van der Waals surface area contributed by atoms with Gasteiger partial charge in [-0.15, -0.1) is 11.6 Å². The highest BCUT2D eigenvalue weighted by atomic mass is 35.5. The maximum Gasteiger partial charge on any atom is 0.0402 e. The molecule has 6 N–H and O–H groups in total. The van der Waals surface area contributed by atoms with Crippen molar-refractivity contribution in [1.29, 1.82) is 0 Å². The SMILES string of the molecule is CCO.CCO.CCO.CCl.N. The van der Waals surface area contributed by atoms with Crippen LogP contribution < -0.4 is 6.15 Å². The summed E-state index contributed by atoms with van der Waals surface area (Å²) in [5.74, 6) is 0. The maximum atomic E-state index is 7.57. The number of aliphatic hydroxyl groups excluding tert-OH is 3. The van der Waals surface area contributed by atoms with Crippen molar-refractivity contribution in [2.45, 2.75) is 20.8 Å². The molecule has 0 aromatic rings. The molecule has 0 aliphatic rings. The molecule has 0 unspecified atom stereocenters. The molecule has 12 heavy (non-hydrogen) atoms. The van der Waals surface area contributed by atoms with Crippen LogP contribution in [0.15, 0.2) is 0 Å². The molecule has 0 amide bonds. The van der Waals surface area contributed by atoms with Gasteiger partial charge in [-0.1, -0.05) is 0 Å². The highest BCUT2D eigenvalue weighted by Gasteiger charge is 1.35. The minimum atomic E-state index is 0. The van der Waals surface area contributed by atoms with Crippen LogP contribution in [0.3, 0.4) is 0 Å². The molecular formula is C7H24ClNO3. The van der Waals surface area contributed by atoms with Crippen molar-refractivity contribution in [3.8, 4) is 0 Å². The largest absolute Gasteiger partial charge is 0.397 e. The Bertz CT molecular complexity index is 23.4. The molecule has 4 nitrogen and oxygen atoms in total. The van der Waals surface area contributed by atoms with E-state index in [-0.39, 0.29) is 26.0 Å². The third-order valence-electron chi connectivity index (χ3n) is 0. The van der Waals surface area contributed by atoms with Crippen molar-refractivity contribution < 1.29 is 15.3 Å². The van der Waals surface area contributed by atoms with E-state index in [1.165, 1.54) is 6.38 Å². The Labute approximate surface area is 80.8 Å². The number of aliphatic hydroxyl groups is 3. The fourth-order valence-corrected chi connectivity index (χ4v) is 0. The zero-order chi connectivity index (χ0) is 10.1. The lowest BCUT2D eigenvalue weighted by molar-refractivity contribution is 0.318. The second-order valence-corrected chi connectivity index (χ2v) is 0.949. The lowest BCUT2D eigenvalue weighted by Gasteiger charge is -1.52. The Kier molecular flexibility index (Phi) is 287. The first-order valence-corrected chi connectivity index (χ1v) is 4.20. The summed E-state index contributed by atoms with van der Waals surface area (Å²) >= 11 is 4.64. The second kappa shape index (κ2) is 117. The van der Waals surface area contributed by atoms with E-state index in [0.717, 1.165) is 0 Å². The summed E-state index contributed by atoms with van der Waals surface area (Å²) in [4.78, 5) is 0. The third-order valence-corrected chi connectivity index (χ3v) is 0. The van der Waals surface area contributed by atoms with Crippen LogP contribution in [-0.4, -0.2) is 41.5 Å². The Hall–Kier alpha value is 0.130. The Morgan fingerprint density at radius 2 is 0.750 bits per heavy atom. The van der Waals surface area contributed by atoms with Crippen molar-refractivity contribution in [1.82, 2.24) is 6.15 Å². The van der Waals surface area contributed by atoms with Gasteiger partial charge in [-0.25, -0.2) is 0 Å². The van der Waals surface area contributed by atoms with E-state index in [2.05, 4.69) is 11.6 Å². The van der Waals surface area contributed by atoms with Crippen LogP contribution in [0.4, 0.5) is 0 Å². The highest BCUT2D eigenvalue weighted by Crippen LogP contribution is 1.34. The second-order valence-electron chi connectivity index (χ2n) is 0.949. The summed E-state index contributed by atoms with van der Waals surface area (Å²) in [7, 11) is 0. The predicted octanol–water partition coefficient (Wildman–Crippen LogP) is 1.01. The zero-order valence-electron chi connectivity index (χ0n) is 8.55. The fraction of sp³-hybridized carbons (Fsp3) is 1.00. The molecule has 5 heteroatoms. The van der Waals surface area contributed by atoms with Gasteiger partial charge in [0.2, 0.25) is 0 Å². The van der Waals surface area contributed by atoms with Gasteiger partial charge >= 0.3 is 0 Å². The van der Waals surface area contributed by atoms with E-state index in [0.29, 0.717) is 0 Å².